The van der Waals surface area contributed by atoms with Gasteiger partial charge in [-0.3, -0.25) is 4.79 Å². The number of amides is 1. The summed E-state index contributed by atoms with van der Waals surface area (Å²) in [5.41, 5.74) is 8.44. The molecule has 0 aliphatic heterocycles. The number of hydrogen-bond acceptors (Lipinski definition) is 3. The summed E-state index contributed by atoms with van der Waals surface area (Å²) in [5.74, 6) is -0.391. The van der Waals surface area contributed by atoms with Gasteiger partial charge in [-0.1, -0.05) is 30.3 Å². The lowest BCUT2D eigenvalue weighted by molar-refractivity contribution is -0.117. The fraction of sp³-hybridized carbons (Fsp3) is 0.0714. The van der Waals surface area contributed by atoms with Crippen LogP contribution in [0, 0.1) is 0 Å². The van der Waals surface area contributed by atoms with Gasteiger partial charge in [-0.25, -0.2) is 9.50 Å². The summed E-state index contributed by atoms with van der Waals surface area (Å²) < 4.78 is 1.67. The smallest absolute Gasteiger partial charge is 0.222 e. The van der Waals surface area contributed by atoms with E-state index in [0.29, 0.717) is 5.65 Å². The fourth-order valence-corrected chi connectivity index (χ4v) is 2.10. The summed E-state index contributed by atoms with van der Waals surface area (Å²) in [6.07, 6.45) is 3.61. The van der Waals surface area contributed by atoms with Gasteiger partial charge in [0.1, 0.15) is 0 Å². The molecular weight excluding hydrogens is 240 g/mol. The lowest BCUT2D eigenvalue weighted by Crippen LogP contribution is -2.14. The van der Waals surface area contributed by atoms with Crippen molar-refractivity contribution < 1.29 is 4.79 Å². The second-order valence-corrected chi connectivity index (χ2v) is 4.22. The predicted octanol–water partition coefficient (Wildman–Crippen LogP) is 1.42. The van der Waals surface area contributed by atoms with Crippen LogP contribution in [0.25, 0.3) is 16.9 Å². The number of fused-ring (bicyclic) bond motifs is 1. The van der Waals surface area contributed by atoms with Gasteiger partial charge in [0.25, 0.3) is 0 Å². The summed E-state index contributed by atoms with van der Waals surface area (Å²) >= 11 is 0. The van der Waals surface area contributed by atoms with Crippen LogP contribution in [0.5, 0.6) is 0 Å². The average Bonchev–Trinajstić information content (AvgIpc) is 2.78. The van der Waals surface area contributed by atoms with E-state index in [1.54, 1.807) is 23.0 Å². The summed E-state index contributed by atoms with van der Waals surface area (Å²) in [5, 5.41) is 4.48. The van der Waals surface area contributed by atoms with Crippen LogP contribution in [0.1, 0.15) is 5.56 Å². The highest BCUT2D eigenvalue weighted by molar-refractivity contribution is 5.83. The highest BCUT2D eigenvalue weighted by atomic mass is 16.1. The lowest BCUT2D eigenvalue weighted by Gasteiger charge is -2.00. The van der Waals surface area contributed by atoms with Crippen molar-refractivity contribution in [3.05, 3.63) is 54.4 Å². The van der Waals surface area contributed by atoms with Crippen molar-refractivity contribution in [2.45, 2.75) is 6.42 Å². The quantitative estimate of drug-likeness (QED) is 0.766. The molecule has 1 aromatic carbocycles. The number of aromatic nitrogens is 3. The zero-order valence-corrected chi connectivity index (χ0v) is 10.2. The van der Waals surface area contributed by atoms with Crippen LogP contribution in [0.3, 0.4) is 0 Å². The summed E-state index contributed by atoms with van der Waals surface area (Å²) in [6.45, 7) is 0. The van der Waals surface area contributed by atoms with Crippen molar-refractivity contribution >= 4 is 11.6 Å². The molecule has 2 N–H and O–H groups in total. The minimum Gasteiger partial charge on any atom is -0.369 e. The van der Waals surface area contributed by atoms with E-state index in [4.69, 9.17) is 5.73 Å². The Bertz CT molecular complexity index is 734. The first kappa shape index (κ1) is 11.4. The number of nitrogens with two attached hydrogens (primary N) is 1. The maximum Gasteiger partial charge on any atom is 0.222 e. The molecular formula is C14H12N4O. The molecule has 2 heterocycles. The molecule has 0 aliphatic carbocycles. The molecule has 0 bridgehead atoms. The first-order valence-electron chi connectivity index (χ1n) is 5.91. The maximum atomic E-state index is 11.3. The van der Waals surface area contributed by atoms with E-state index in [0.717, 1.165) is 16.8 Å². The molecule has 5 nitrogen and oxygen atoms in total. The Morgan fingerprint density at radius 3 is 2.74 bits per heavy atom. The number of carbonyl (C=O) groups is 1. The Morgan fingerprint density at radius 2 is 2.00 bits per heavy atom. The van der Waals surface area contributed by atoms with Gasteiger partial charge in [0, 0.05) is 23.5 Å². The first-order valence-corrected chi connectivity index (χ1v) is 5.91. The zero-order valence-electron chi connectivity index (χ0n) is 10.2. The molecule has 2 aromatic heterocycles. The largest absolute Gasteiger partial charge is 0.369 e. The van der Waals surface area contributed by atoms with Crippen molar-refractivity contribution in [1.82, 2.24) is 14.6 Å². The third kappa shape index (κ3) is 2.06. The van der Waals surface area contributed by atoms with Crippen LogP contribution in [0.15, 0.2) is 48.8 Å². The molecule has 3 aromatic rings. The molecule has 5 heteroatoms. The van der Waals surface area contributed by atoms with E-state index >= 15 is 0 Å². The standard InChI is InChI=1S/C14H12N4O/c15-12(19)9-11-13(10-5-2-1-3-6-10)17-18-8-4-7-16-14(11)18/h1-8H,9H2,(H2,15,19). The van der Waals surface area contributed by atoms with Gasteiger partial charge in [-0.2, -0.15) is 5.10 Å². The lowest BCUT2D eigenvalue weighted by atomic mass is 10.1. The fourth-order valence-electron chi connectivity index (χ4n) is 2.10. The normalized spacial score (nSPS) is 10.7. The third-order valence-corrected chi connectivity index (χ3v) is 2.89. The number of rotatable bonds is 3. The number of hydrogen-bond donors (Lipinski definition) is 1. The van der Waals surface area contributed by atoms with E-state index in [1.807, 2.05) is 30.3 Å². The Labute approximate surface area is 109 Å². The van der Waals surface area contributed by atoms with Gasteiger partial charge in [0.2, 0.25) is 5.91 Å². The van der Waals surface area contributed by atoms with Crippen LogP contribution in [-0.4, -0.2) is 20.5 Å². The predicted molar refractivity (Wildman–Crippen MR) is 71.3 cm³/mol. The minimum absolute atomic E-state index is 0.130. The second-order valence-electron chi connectivity index (χ2n) is 4.22. The second kappa shape index (κ2) is 4.53. The molecule has 0 saturated heterocycles. The molecule has 1 amide bonds. The number of nitrogens with zero attached hydrogens (tertiary/aromatic N) is 3. The summed E-state index contributed by atoms with van der Waals surface area (Å²) in [6, 6.07) is 11.5. The molecule has 0 radical (unpaired) electrons. The first-order chi connectivity index (χ1) is 9.25. The molecule has 0 spiro atoms. The Kier molecular flexibility index (Phi) is 2.72. The van der Waals surface area contributed by atoms with Gasteiger partial charge >= 0.3 is 0 Å². The van der Waals surface area contributed by atoms with E-state index in [2.05, 4.69) is 10.1 Å². The number of benzene rings is 1. The summed E-state index contributed by atoms with van der Waals surface area (Å²) in [7, 11) is 0. The van der Waals surface area contributed by atoms with Crippen molar-refractivity contribution in [1.29, 1.82) is 0 Å². The molecule has 94 valence electrons. The van der Waals surface area contributed by atoms with Gasteiger partial charge in [-0.15, -0.1) is 0 Å². The molecule has 0 unspecified atom stereocenters. The van der Waals surface area contributed by atoms with Crippen molar-refractivity contribution in [2.24, 2.45) is 5.73 Å². The SMILES string of the molecule is NC(=O)Cc1c(-c2ccccc2)nn2cccnc12. The molecule has 3 rings (SSSR count). The van der Waals surface area contributed by atoms with Gasteiger partial charge in [0.05, 0.1) is 12.1 Å². The van der Waals surface area contributed by atoms with Gasteiger partial charge in [-0.05, 0) is 6.07 Å². The maximum absolute atomic E-state index is 11.3. The van der Waals surface area contributed by atoms with E-state index in [1.165, 1.54) is 0 Å². The van der Waals surface area contributed by atoms with Crippen molar-refractivity contribution in [3.8, 4) is 11.3 Å². The minimum atomic E-state index is -0.391. The third-order valence-electron chi connectivity index (χ3n) is 2.89. The zero-order chi connectivity index (χ0) is 13.2. The van der Waals surface area contributed by atoms with Crippen LogP contribution >= 0.6 is 0 Å². The number of carbonyl (C=O) groups excluding carboxylic acids is 1. The Morgan fingerprint density at radius 1 is 1.21 bits per heavy atom. The van der Waals surface area contributed by atoms with Gasteiger partial charge in [0.15, 0.2) is 5.65 Å². The summed E-state index contributed by atoms with van der Waals surface area (Å²) in [4.78, 5) is 15.5. The highest BCUT2D eigenvalue weighted by Gasteiger charge is 2.16. The number of primary amides is 1. The Balaban J connectivity index is 2.26. The van der Waals surface area contributed by atoms with Crippen LogP contribution in [-0.2, 0) is 11.2 Å². The molecule has 0 atom stereocenters. The van der Waals surface area contributed by atoms with Crippen LogP contribution in [0.4, 0.5) is 0 Å². The molecule has 0 aliphatic rings. The van der Waals surface area contributed by atoms with Gasteiger partial charge < -0.3 is 5.73 Å². The van der Waals surface area contributed by atoms with E-state index in [9.17, 15) is 4.79 Å². The molecule has 19 heavy (non-hydrogen) atoms. The monoisotopic (exact) mass is 252 g/mol. The van der Waals surface area contributed by atoms with Crippen LogP contribution < -0.4 is 5.73 Å². The van der Waals surface area contributed by atoms with Crippen molar-refractivity contribution in [2.75, 3.05) is 0 Å². The molecule has 0 saturated carbocycles. The highest BCUT2D eigenvalue weighted by Crippen LogP contribution is 2.25. The topological polar surface area (TPSA) is 73.3 Å². The van der Waals surface area contributed by atoms with E-state index in [-0.39, 0.29) is 6.42 Å². The molecule has 0 fully saturated rings. The van der Waals surface area contributed by atoms with Crippen LogP contribution in [0.2, 0.25) is 0 Å². The Hall–Kier alpha value is -2.69. The van der Waals surface area contributed by atoms with E-state index < -0.39 is 5.91 Å². The average molecular weight is 252 g/mol. The van der Waals surface area contributed by atoms with Crippen molar-refractivity contribution in [3.63, 3.8) is 0 Å².